The summed E-state index contributed by atoms with van der Waals surface area (Å²) in [4.78, 5) is 0. The first-order valence-electron chi connectivity index (χ1n) is 5.42. The van der Waals surface area contributed by atoms with Crippen molar-refractivity contribution in [3.05, 3.63) is 23.8 Å². The smallest absolute Gasteiger partial charge is 0.00200 e. The molecule has 13 heavy (non-hydrogen) atoms. The van der Waals surface area contributed by atoms with Gasteiger partial charge in [-0.2, -0.15) is 0 Å². The fraction of sp³-hybridized carbons (Fsp3) is 0.667. The van der Waals surface area contributed by atoms with Crippen molar-refractivity contribution >= 4 is 0 Å². The summed E-state index contributed by atoms with van der Waals surface area (Å²) in [6, 6.07) is 0. The molecule has 0 aromatic heterocycles. The zero-order valence-electron chi connectivity index (χ0n) is 8.84. The molecule has 1 nitrogen and oxygen atoms in total. The van der Waals surface area contributed by atoms with Crippen molar-refractivity contribution in [2.75, 3.05) is 13.1 Å². The highest BCUT2D eigenvalue weighted by atomic mass is 14.9. The monoisotopic (exact) mass is 179 g/mol. The van der Waals surface area contributed by atoms with Crippen LogP contribution in [-0.2, 0) is 0 Å². The van der Waals surface area contributed by atoms with Crippen molar-refractivity contribution in [1.82, 2.24) is 5.32 Å². The van der Waals surface area contributed by atoms with Gasteiger partial charge in [0.2, 0.25) is 0 Å². The first kappa shape index (κ1) is 10.5. The third-order valence-corrected chi connectivity index (χ3v) is 2.65. The van der Waals surface area contributed by atoms with Crippen molar-refractivity contribution in [2.45, 2.75) is 33.1 Å². The van der Waals surface area contributed by atoms with Gasteiger partial charge in [0.05, 0.1) is 0 Å². The van der Waals surface area contributed by atoms with Gasteiger partial charge in [0.15, 0.2) is 0 Å². The maximum atomic E-state index is 3.45. The van der Waals surface area contributed by atoms with Crippen molar-refractivity contribution in [3.63, 3.8) is 0 Å². The summed E-state index contributed by atoms with van der Waals surface area (Å²) in [5.41, 5.74) is 1.51. The molecule has 1 heteroatoms. The zero-order valence-corrected chi connectivity index (χ0v) is 8.84. The molecule has 1 N–H and O–H groups in total. The SMILES string of the molecule is CC=C(C=CCC)C1CCCNC1. The minimum Gasteiger partial charge on any atom is -0.316 e. The van der Waals surface area contributed by atoms with Crippen LogP contribution in [0.3, 0.4) is 0 Å². The van der Waals surface area contributed by atoms with Gasteiger partial charge in [0.25, 0.3) is 0 Å². The summed E-state index contributed by atoms with van der Waals surface area (Å²) in [6.07, 6.45) is 10.6. The van der Waals surface area contributed by atoms with Crippen molar-refractivity contribution < 1.29 is 0 Å². The lowest BCUT2D eigenvalue weighted by atomic mass is 9.91. The Balaban J connectivity index is 2.50. The van der Waals surface area contributed by atoms with E-state index in [0.29, 0.717) is 0 Å². The normalized spacial score (nSPS) is 25.4. The molecule has 1 fully saturated rings. The molecular weight excluding hydrogens is 158 g/mol. The Bertz CT molecular complexity index is 185. The molecule has 1 rings (SSSR count). The standard InChI is InChI=1S/C12H21N/c1-3-5-7-11(4-2)12-8-6-9-13-10-12/h4-5,7,12-13H,3,6,8-10H2,1-2H3. The van der Waals surface area contributed by atoms with Crippen LogP contribution in [0.25, 0.3) is 0 Å². The molecule has 1 heterocycles. The second-order valence-corrected chi connectivity index (χ2v) is 3.64. The number of nitrogens with one attached hydrogen (secondary N) is 1. The summed E-state index contributed by atoms with van der Waals surface area (Å²) in [6.45, 7) is 6.69. The highest BCUT2D eigenvalue weighted by molar-refractivity contribution is 5.21. The minimum atomic E-state index is 0.751. The molecular formula is C12H21N. The van der Waals surface area contributed by atoms with Gasteiger partial charge in [-0.3, -0.25) is 0 Å². The Kier molecular flexibility index (Phi) is 4.84. The molecule has 0 spiro atoms. The van der Waals surface area contributed by atoms with E-state index in [0.717, 1.165) is 18.9 Å². The van der Waals surface area contributed by atoms with E-state index < -0.39 is 0 Å². The Labute approximate surface area is 81.9 Å². The number of rotatable bonds is 3. The van der Waals surface area contributed by atoms with Gasteiger partial charge >= 0.3 is 0 Å². The fourth-order valence-corrected chi connectivity index (χ4v) is 1.86. The van der Waals surface area contributed by atoms with Crippen molar-refractivity contribution in [1.29, 1.82) is 0 Å². The Morgan fingerprint density at radius 1 is 1.54 bits per heavy atom. The van der Waals surface area contributed by atoms with Gasteiger partial charge in [0.1, 0.15) is 0 Å². The number of hydrogen-bond acceptors (Lipinski definition) is 1. The van der Waals surface area contributed by atoms with Crippen LogP contribution >= 0.6 is 0 Å². The van der Waals surface area contributed by atoms with Crippen LogP contribution in [0.2, 0.25) is 0 Å². The highest BCUT2D eigenvalue weighted by Crippen LogP contribution is 2.20. The lowest BCUT2D eigenvalue weighted by molar-refractivity contribution is 0.427. The largest absolute Gasteiger partial charge is 0.316 e. The second-order valence-electron chi connectivity index (χ2n) is 3.64. The Morgan fingerprint density at radius 2 is 2.38 bits per heavy atom. The first-order chi connectivity index (χ1) is 6.38. The highest BCUT2D eigenvalue weighted by Gasteiger charge is 2.14. The molecule has 74 valence electrons. The third-order valence-electron chi connectivity index (χ3n) is 2.65. The van der Waals surface area contributed by atoms with Gasteiger partial charge in [-0.1, -0.05) is 25.2 Å². The van der Waals surface area contributed by atoms with Crippen molar-refractivity contribution in [3.8, 4) is 0 Å². The molecule has 1 saturated heterocycles. The van der Waals surface area contributed by atoms with E-state index in [-0.39, 0.29) is 0 Å². The van der Waals surface area contributed by atoms with Gasteiger partial charge in [0, 0.05) is 6.54 Å². The van der Waals surface area contributed by atoms with Crippen LogP contribution < -0.4 is 5.32 Å². The Morgan fingerprint density at radius 3 is 2.92 bits per heavy atom. The van der Waals surface area contributed by atoms with E-state index in [2.05, 4.69) is 37.4 Å². The average molecular weight is 179 g/mol. The summed E-state index contributed by atoms with van der Waals surface area (Å²) in [5.74, 6) is 0.751. The molecule has 1 aliphatic heterocycles. The summed E-state index contributed by atoms with van der Waals surface area (Å²) < 4.78 is 0. The van der Waals surface area contributed by atoms with Gasteiger partial charge < -0.3 is 5.32 Å². The van der Waals surface area contributed by atoms with Crippen LogP contribution in [0.4, 0.5) is 0 Å². The molecule has 0 aromatic carbocycles. The van der Waals surface area contributed by atoms with E-state index in [9.17, 15) is 0 Å². The molecule has 0 amide bonds. The molecule has 0 bridgehead atoms. The molecule has 0 saturated carbocycles. The van der Waals surface area contributed by atoms with Crippen LogP contribution in [-0.4, -0.2) is 13.1 Å². The van der Waals surface area contributed by atoms with E-state index in [1.807, 2.05) is 0 Å². The third kappa shape index (κ3) is 3.35. The molecule has 0 aliphatic carbocycles. The summed E-state index contributed by atoms with van der Waals surface area (Å²) in [7, 11) is 0. The molecule has 1 aliphatic rings. The van der Waals surface area contributed by atoms with Crippen LogP contribution in [0.5, 0.6) is 0 Å². The molecule has 0 aromatic rings. The van der Waals surface area contributed by atoms with Gasteiger partial charge in [-0.05, 0) is 44.2 Å². The topological polar surface area (TPSA) is 12.0 Å². The van der Waals surface area contributed by atoms with E-state index >= 15 is 0 Å². The summed E-state index contributed by atoms with van der Waals surface area (Å²) >= 11 is 0. The maximum absolute atomic E-state index is 3.45. The minimum absolute atomic E-state index is 0.751. The molecule has 0 radical (unpaired) electrons. The zero-order chi connectivity index (χ0) is 9.52. The summed E-state index contributed by atoms with van der Waals surface area (Å²) in [5, 5.41) is 3.45. The van der Waals surface area contributed by atoms with Crippen LogP contribution in [0, 0.1) is 5.92 Å². The fourth-order valence-electron chi connectivity index (χ4n) is 1.86. The van der Waals surface area contributed by atoms with E-state index in [1.165, 1.54) is 25.0 Å². The first-order valence-corrected chi connectivity index (χ1v) is 5.42. The lowest BCUT2D eigenvalue weighted by Crippen LogP contribution is -2.30. The van der Waals surface area contributed by atoms with Gasteiger partial charge in [-0.15, -0.1) is 0 Å². The van der Waals surface area contributed by atoms with E-state index in [1.54, 1.807) is 0 Å². The number of allylic oxidation sites excluding steroid dienone is 3. The Hall–Kier alpha value is -0.560. The number of piperidine rings is 1. The average Bonchev–Trinajstić information content (AvgIpc) is 2.21. The van der Waals surface area contributed by atoms with Crippen molar-refractivity contribution in [2.24, 2.45) is 5.92 Å². The lowest BCUT2D eigenvalue weighted by Gasteiger charge is -2.23. The number of hydrogen-bond donors (Lipinski definition) is 1. The maximum Gasteiger partial charge on any atom is 0.00200 e. The van der Waals surface area contributed by atoms with Gasteiger partial charge in [-0.25, -0.2) is 0 Å². The second kappa shape index (κ2) is 5.98. The van der Waals surface area contributed by atoms with Crippen LogP contribution in [0.15, 0.2) is 23.8 Å². The molecule has 1 atom stereocenters. The molecule has 1 unspecified atom stereocenters. The predicted octanol–water partition coefficient (Wildman–Crippen LogP) is 2.90. The quantitative estimate of drug-likeness (QED) is 0.657. The van der Waals surface area contributed by atoms with Crippen LogP contribution in [0.1, 0.15) is 33.1 Å². The predicted molar refractivity (Wildman–Crippen MR) is 58.8 cm³/mol. The van der Waals surface area contributed by atoms with E-state index in [4.69, 9.17) is 0 Å².